The number of nitrogens with one attached hydrogen (secondary N) is 1. The van der Waals surface area contributed by atoms with E-state index < -0.39 is 30.1 Å². The molecular formula is C31H29N3O5. The van der Waals surface area contributed by atoms with Gasteiger partial charge in [-0.3, -0.25) is 14.5 Å². The van der Waals surface area contributed by atoms with E-state index in [1.807, 2.05) is 60.7 Å². The largest absolute Gasteiger partial charge is 0.475 e. The zero-order valence-corrected chi connectivity index (χ0v) is 21.3. The monoisotopic (exact) mass is 523 g/mol. The molecule has 39 heavy (non-hydrogen) atoms. The highest BCUT2D eigenvalue weighted by Crippen LogP contribution is 2.30. The van der Waals surface area contributed by atoms with Crippen LogP contribution in [0.4, 0.5) is 4.79 Å². The summed E-state index contributed by atoms with van der Waals surface area (Å²) in [5.41, 5.74) is 5.54. The van der Waals surface area contributed by atoms with Gasteiger partial charge < -0.3 is 20.5 Å². The van der Waals surface area contributed by atoms with E-state index in [4.69, 9.17) is 15.2 Å². The van der Waals surface area contributed by atoms with Crippen molar-refractivity contribution >= 4 is 39.4 Å². The molecule has 0 spiro atoms. The molecule has 4 aromatic rings. The lowest BCUT2D eigenvalue weighted by Crippen LogP contribution is -2.57. The van der Waals surface area contributed by atoms with Gasteiger partial charge in [-0.1, -0.05) is 84.9 Å². The van der Waals surface area contributed by atoms with Crippen molar-refractivity contribution in [3.63, 3.8) is 0 Å². The molecule has 4 rings (SSSR count). The number of amides is 4. The minimum absolute atomic E-state index is 0.121. The van der Waals surface area contributed by atoms with Gasteiger partial charge in [-0.25, -0.2) is 4.79 Å². The van der Waals surface area contributed by atoms with E-state index in [9.17, 15) is 14.4 Å². The summed E-state index contributed by atoms with van der Waals surface area (Å²) in [6, 6.07) is 24.6. The zero-order valence-electron chi connectivity index (χ0n) is 21.3. The highest BCUT2D eigenvalue weighted by Gasteiger charge is 2.42. The van der Waals surface area contributed by atoms with Crippen LogP contribution in [0, 0.1) is 0 Å². The fourth-order valence-electron chi connectivity index (χ4n) is 4.21. The molecule has 3 N–H and O–H groups in total. The molecule has 198 valence electrons. The minimum Gasteiger partial charge on any atom is -0.475 e. The fourth-order valence-corrected chi connectivity index (χ4v) is 4.21. The molecule has 2 atom stereocenters. The second kappa shape index (κ2) is 12.4. The van der Waals surface area contributed by atoms with Crippen molar-refractivity contribution in [2.45, 2.75) is 12.2 Å². The maximum Gasteiger partial charge on any atom is 0.321 e. The summed E-state index contributed by atoms with van der Waals surface area (Å²) in [6.45, 7) is 7.19. The van der Waals surface area contributed by atoms with Crippen LogP contribution in [0.2, 0.25) is 0 Å². The summed E-state index contributed by atoms with van der Waals surface area (Å²) in [7, 11) is 0. The third-order valence-corrected chi connectivity index (χ3v) is 6.05. The molecule has 0 saturated heterocycles. The van der Waals surface area contributed by atoms with Crippen LogP contribution >= 0.6 is 0 Å². The number of nitrogens with zero attached hydrogens (tertiary/aromatic N) is 1. The first-order chi connectivity index (χ1) is 18.9. The molecule has 4 aromatic carbocycles. The second-order valence-corrected chi connectivity index (χ2v) is 8.64. The van der Waals surface area contributed by atoms with Gasteiger partial charge in [-0.15, -0.1) is 13.2 Å². The van der Waals surface area contributed by atoms with Crippen LogP contribution in [-0.2, 0) is 9.59 Å². The lowest BCUT2D eigenvalue weighted by Gasteiger charge is -2.30. The quantitative estimate of drug-likeness (QED) is 0.280. The van der Waals surface area contributed by atoms with Crippen LogP contribution in [0.3, 0.4) is 0 Å². The Labute approximate surface area is 226 Å². The summed E-state index contributed by atoms with van der Waals surface area (Å²) in [5.74, 6) is -0.795. The summed E-state index contributed by atoms with van der Waals surface area (Å²) in [4.78, 5) is 40.4. The molecule has 4 amide bonds. The van der Waals surface area contributed by atoms with E-state index in [2.05, 4.69) is 18.5 Å². The van der Waals surface area contributed by atoms with Gasteiger partial charge in [0.05, 0.1) is 0 Å². The molecule has 0 fully saturated rings. The van der Waals surface area contributed by atoms with Gasteiger partial charge in [0.2, 0.25) is 12.2 Å². The minimum atomic E-state index is -1.59. The Morgan fingerprint density at radius 1 is 0.769 bits per heavy atom. The second-order valence-electron chi connectivity index (χ2n) is 8.64. The Morgan fingerprint density at radius 2 is 1.28 bits per heavy atom. The van der Waals surface area contributed by atoms with Crippen molar-refractivity contribution < 1.29 is 23.9 Å². The SMILES string of the molecule is C=CCNC(=O)[C@H](Oc1cccc2ccccc12)[C@@H](Oc1cccc2ccccc12)C(=O)N(CC=C)C(N)=O. The lowest BCUT2D eigenvalue weighted by molar-refractivity contribution is -0.146. The molecule has 0 radical (unpaired) electrons. The number of ether oxygens (including phenoxy) is 2. The van der Waals surface area contributed by atoms with Crippen molar-refractivity contribution in [3.05, 3.63) is 110 Å². The Balaban J connectivity index is 1.85. The van der Waals surface area contributed by atoms with Crippen LogP contribution in [0.1, 0.15) is 0 Å². The van der Waals surface area contributed by atoms with Crippen LogP contribution < -0.4 is 20.5 Å². The number of rotatable bonds is 11. The van der Waals surface area contributed by atoms with E-state index in [0.29, 0.717) is 16.9 Å². The molecule has 0 aliphatic carbocycles. The van der Waals surface area contributed by atoms with Gasteiger partial charge in [0.1, 0.15) is 11.5 Å². The highest BCUT2D eigenvalue weighted by molar-refractivity contribution is 6.00. The van der Waals surface area contributed by atoms with Crippen molar-refractivity contribution in [2.24, 2.45) is 5.73 Å². The normalized spacial score (nSPS) is 12.2. The number of urea groups is 1. The maximum absolute atomic E-state index is 13.9. The van der Waals surface area contributed by atoms with Gasteiger partial charge in [0.25, 0.3) is 11.8 Å². The number of carbonyl (C=O) groups excluding carboxylic acids is 3. The third kappa shape index (κ3) is 6.07. The molecule has 0 heterocycles. The van der Waals surface area contributed by atoms with Gasteiger partial charge in [0, 0.05) is 23.9 Å². The number of benzene rings is 4. The molecule has 0 unspecified atom stereocenters. The van der Waals surface area contributed by atoms with Crippen LogP contribution in [-0.4, -0.2) is 48.0 Å². The van der Waals surface area contributed by atoms with E-state index in [1.54, 1.807) is 24.3 Å². The average Bonchev–Trinajstić information content (AvgIpc) is 2.96. The van der Waals surface area contributed by atoms with Gasteiger partial charge in [0.15, 0.2) is 0 Å². The molecule has 8 nitrogen and oxygen atoms in total. The first-order valence-electron chi connectivity index (χ1n) is 12.3. The number of fused-ring (bicyclic) bond motifs is 2. The number of hydrogen-bond acceptors (Lipinski definition) is 5. The first kappa shape index (κ1) is 26.9. The van der Waals surface area contributed by atoms with E-state index in [0.717, 1.165) is 21.1 Å². The van der Waals surface area contributed by atoms with Crippen LogP contribution in [0.25, 0.3) is 21.5 Å². The zero-order chi connectivity index (χ0) is 27.8. The summed E-state index contributed by atoms with van der Waals surface area (Å²) in [6.07, 6.45) is -0.237. The summed E-state index contributed by atoms with van der Waals surface area (Å²) >= 11 is 0. The summed E-state index contributed by atoms with van der Waals surface area (Å²) < 4.78 is 12.5. The highest BCUT2D eigenvalue weighted by atomic mass is 16.6. The van der Waals surface area contributed by atoms with Crippen molar-refractivity contribution in [3.8, 4) is 11.5 Å². The third-order valence-electron chi connectivity index (χ3n) is 6.05. The number of carbonyl (C=O) groups is 3. The van der Waals surface area contributed by atoms with Gasteiger partial charge in [-0.2, -0.15) is 0 Å². The van der Waals surface area contributed by atoms with E-state index >= 15 is 0 Å². The van der Waals surface area contributed by atoms with Gasteiger partial charge >= 0.3 is 6.03 Å². The number of nitrogens with two attached hydrogens (primary N) is 1. The topological polar surface area (TPSA) is 111 Å². The Morgan fingerprint density at radius 3 is 1.79 bits per heavy atom. The van der Waals surface area contributed by atoms with E-state index in [-0.39, 0.29) is 13.1 Å². The molecule has 0 aliphatic heterocycles. The van der Waals surface area contributed by atoms with Gasteiger partial charge in [-0.05, 0) is 22.9 Å². The molecule has 0 aromatic heterocycles. The Kier molecular flexibility index (Phi) is 8.58. The molecule has 0 aliphatic rings. The van der Waals surface area contributed by atoms with Crippen LogP contribution in [0.15, 0.2) is 110 Å². The van der Waals surface area contributed by atoms with Crippen molar-refractivity contribution in [1.29, 1.82) is 0 Å². The number of primary amides is 1. The number of imide groups is 1. The van der Waals surface area contributed by atoms with Crippen molar-refractivity contribution in [1.82, 2.24) is 10.2 Å². The number of hydrogen-bond donors (Lipinski definition) is 2. The smallest absolute Gasteiger partial charge is 0.321 e. The molecule has 0 bridgehead atoms. The fraction of sp³-hybridized carbons (Fsp3) is 0.129. The predicted molar refractivity (Wildman–Crippen MR) is 151 cm³/mol. The van der Waals surface area contributed by atoms with Crippen molar-refractivity contribution in [2.75, 3.05) is 13.1 Å². The molecule has 8 heteroatoms. The predicted octanol–water partition coefficient (Wildman–Crippen LogP) is 4.58. The standard InChI is InChI=1S/C31H29N3O5/c1-3-19-33-29(35)27(38-25-17-9-13-21-11-5-7-15-23(21)25)28(30(36)34(20-4-2)31(32)37)39-26-18-10-14-22-12-6-8-16-24(22)26/h3-18,27-28H,1-2,19-20H2,(H2,32,37)(H,33,35)/t27-,28-/m1/s1. The van der Waals surface area contributed by atoms with E-state index in [1.165, 1.54) is 12.2 Å². The molecule has 0 saturated carbocycles. The first-order valence-corrected chi connectivity index (χ1v) is 12.3. The molecular weight excluding hydrogens is 494 g/mol. The maximum atomic E-state index is 13.9. The Hall–Kier alpha value is -5.11. The van der Waals surface area contributed by atoms with Crippen LogP contribution in [0.5, 0.6) is 11.5 Å². The summed E-state index contributed by atoms with van der Waals surface area (Å²) in [5, 5.41) is 5.87. The Bertz CT molecular complexity index is 1520. The average molecular weight is 524 g/mol. The lowest BCUT2D eigenvalue weighted by atomic mass is 10.1.